The first kappa shape index (κ1) is 11.3. The van der Waals surface area contributed by atoms with E-state index in [4.69, 9.17) is 0 Å². The number of carbonyl (C=O) groups excluding carboxylic acids is 2. The van der Waals surface area contributed by atoms with Crippen LogP contribution in [0.1, 0.15) is 40.5 Å². The van der Waals surface area contributed by atoms with E-state index >= 15 is 0 Å². The van der Waals surface area contributed by atoms with Gasteiger partial charge in [0.05, 0.1) is 0 Å². The lowest BCUT2D eigenvalue weighted by Crippen LogP contribution is -2.24. The predicted octanol–water partition coefficient (Wildman–Crippen LogP) is 2.22. The Morgan fingerprint density at radius 1 is 0.917 bits per heavy atom. The second-order valence-corrected chi connectivity index (χ2v) is 3.22. The summed E-state index contributed by atoms with van der Waals surface area (Å²) in [5, 5.41) is 0. The van der Waals surface area contributed by atoms with Crippen molar-refractivity contribution in [2.75, 3.05) is 0 Å². The molecule has 2 nitrogen and oxygen atoms in total. The van der Waals surface area contributed by atoms with Gasteiger partial charge >= 0.3 is 0 Å². The van der Waals surface area contributed by atoms with Crippen molar-refractivity contribution in [2.24, 2.45) is 11.8 Å². The fourth-order valence-electron chi connectivity index (χ4n) is 1.20. The molecule has 2 unspecified atom stereocenters. The highest BCUT2D eigenvalue weighted by Crippen LogP contribution is 2.15. The molecule has 0 saturated carbocycles. The minimum atomic E-state index is -0.109. The van der Waals surface area contributed by atoms with E-state index in [1.807, 2.05) is 27.7 Å². The van der Waals surface area contributed by atoms with E-state index in [0.717, 1.165) is 0 Å². The third-order valence-electron chi connectivity index (χ3n) is 2.46. The lowest BCUT2D eigenvalue weighted by molar-refractivity contribution is -0.130. The maximum absolute atomic E-state index is 11.2. The first-order valence-corrected chi connectivity index (χ1v) is 4.59. The molecule has 0 aliphatic carbocycles. The van der Waals surface area contributed by atoms with Crippen LogP contribution >= 0.6 is 0 Å². The standard InChI is InChI=1S/C10H18O2/c1-5-9(11)7(3)8(4)10(12)6-2/h7-8H,5-6H2,1-4H3. The minimum Gasteiger partial charge on any atom is -0.299 e. The lowest BCUT2D eigenvalue weighted by atomic mass is 9.87. The van der Waals surface area contributed by atoms with E-state index in [0.29, 0.717) is 12.8 Å². The van der Waals surface area contributed by atoms with Crippen molar-refractivity contribution < 1.29 is 9.59 Å². The van der Waals surface area contributed by atoms with Crippen LogP contribution in [-0.4, -0.2) is 11.6 Å². The maximum atomic E-state index is 11.2. The van der Waals surface area contributed by atoms with Gasteiger partial charge < -0.3 is 0 Å². The zero-order valence-electron chi connectivity index (χ0n) is 8.39. The first-order valence-electron chi connectivity index (χ1n) is 4.59. The fourth-order valence-corrected chi connectivity index (χ4v) is 1.20. The van der Waals surface area contributed by atoms with E-state index in [-0.39, 0.29) is 23.4 Å². The molecule has 2 heteroatoms. The van der Waals surface area contributed by atoms with Crippen LogP contribution in [0.15, 0.2) is 0 Å². The zero-order chi connectivity index (χ0) is 9.72. The Hall–Kier alpha value is -0.660. The number of hydrogen-bond acceptors (Lipinski definition) is 2. The molecule has 0 rings (SSSR count). The maximum Gasteiger partial charge on any atom is 0.136 e. The number of carbonyl (C=O) groups is 2. The molecule has 0 amide bonds. The molecule has 0 bridgehead atoms. The van der Waals surface area contributed by atoms with Crippen LogP contribution in [-0.2, 0) is 9.59 Å². The second-order valence-electron chi connectivity index (χ2n) is 3.22. The highest BCUT2D eigenvalue weighted by Gasteiger charge is 2.23. The molecule has 0 aliphatic heterocycles. The summed E-state index contributed by atoms with van der Waals surface area (Å²) in [5.74, 6) is 0.151. The summed E-state index contributed by atoms with van der Waals surface area (Å²) in [4.78, 5) is 22.4. The third kappa shape index (κ3) is 2.76. The van der Waals surface area contributed by atoms with E-state index in [9.17, 15) is 9.59 Å². The van der Waals surface area contributed by atoms with Crippen molar-refractivity contribution in [3.05, 3.63) is 0 Å². The SMILES string of the molecule is CCC(=O)C(C)C(C)C(=O)CC. The van der Waals surface area contributed by atoms with Crippen molar-refractivity contribution in [1.82, 2.24) is 0 Å². The van der Waals surface area contributed by atoms with Crippen LogP contribution < -0.4 is 0 Å². The number of rotatable bonds is 5. The van der Waals surface area contributed by atoms with Crippen molar-refractivity contribution in [2.45, 2.75) is 40.5 Å². The van der Waals surface area contributed by atoms with E-state index in [1.54, 1.807) is 0 Å². The van der Waals surface area contributed by atoms with Crippen LogP contribution in [0.3, 0.4) is 0 Å². The molecule has 2 atom stereocenters. The summed E-state index contributed by atoms with van der Waals surface area (Å²) in [5.41, 5.74) is 0. The molecule has 0 fully saturated rings. The van der Waals surface area contributed by atoms with Crippen molar-refractivity contribution in [3.8, 4) is 0 Å². The molecule has 0 heterocycles. The summed E-state index contributed by atoms with van der Waals surface area (Å²) < 4.78 is 0. The quantitative estimate of drug-likeness (QED) is 0.634. The molecule has 0 radical (unpaired) electrons. The van der Waals surface area contributed by atoms with Crippen molar-refractivity contribution in [1.29, 1.82) is 0 Å². The van der Waals surface area contributed by atoms with Gasteiger partial charge in [-0.05, 0) is 0 Å². The average Bonchev–Trinajstić information content (AvgIpc) is 2.12. The van der Waals surface area contributed by atoms with Gasteiger partial charge in [-0.1, -0.05) is 27.7 Å². The molecule has 0 aromatic carbocycles. The Balaban J connectivity index is 4.18. The van der Waals surface area contributed by atoms with Crippen LogP contribution in [0, 0.1) is 11.8 Å². The molecule has 0 saturated heterocycles. The molecule has 70 valence electrons. The third-order valence-corrected chi connectivity index (χ3v) is 2.46. The fraction of sp³-hybridized carbons (Fsp3) is 0.800. The largest absolute Gasteiger partial charge is 0.299 e. The highest BCUT2D eigenvalue weighted by atomic mass is 16.1. The van der Waals surface area contributed by atoms with Gasteiger partial charge in [0.25, 0.3) is 0 Å². The summed E-state index contributed by atoms with van der Waals surface area (Å²) >= 11 is 0. The lowest BCUT2D eigenvalue weighted by Gasteiger charge is -2.15. The molecule has 0 N–H and O–H groups in total. The summed E-state index contributed by atoms with van der Waals surface area (Å²) in [7, 11) is 0. The van der Waals surface area contributed by atoms with Gasteiger partial charge in [0.15, 0.2) is 0 Å². The molecule has 0 aromatic heterocycles. The van der Waals surface area contributed by atoms with Gasteiger partial charge in [0, 0.05) is 24.7 Å². The van der Waals surface area contributed by atoms with Crippen molar-refractivity contribution in [3.63, 3.8) is 0 Å². The Morgan fingerprint density at radius 3 is 1.33 bits per heavy atom. The van der Waals surface area contributed by atoms with E-state index < -0.39 is 0 Å². The van der Waals surface area contributed by atoms with Crippen LogP contribution in [0.4, 0.5) is 0 Å². The van der Waals surface area contributed by atoms with E-state index in [1.165, 1.54) is 0 Å². The summed E-state index contributed by atoms with van der Waals surface area (Å²) in [6.45, 7) is 7.35. The monoisotopic (exact) mass is 170 g/mol. The van der Waals surface area contributed by atoms with Gasteiger partial charge in [-0.25, -0.2) is 0 Å². The predicted molar refractivity (Wildman–Crippen MR) is 48.9 cm³/mol. The van der Waals surface area contributed by atoms with Crippen molar-refractivity contribution >= 4 is 11.6 Å². The number of Topliss-reactive ketones (excluding diaryl/α,β-unsaturated/α-hetero) is 2. The number of hydrogen-bond donors (Lipinski definition) is 0. The first-order chi connectivity index (χ1) is 5.54. The van der Waals surface area contributed by atoms with E-state index in [2.05, 4.69) is 0 Å². The molecule has 12 heavy (non-hydrogen) atoms. The van der Waals surface area contributed by atoms with Gasteiger partial charge in [0.2, 0.25) is 0 Å². The molecule has 0 spiro atoms. The molecule has 0 aliphatic rings. The van der Waals surface area contributed by atoms with Crippen LogP contribution in [0.2, 0.25) is 0 Å². The Bertz CT molecular complexity index is 153. The molecular formula is C10H18O2. The minimum absolute atomic E-state index is 0.109. The van der Waals surface area contributed by atoms with Gasteiger partial charge in [0.1, 0.15) is 11.6 Å². The topological polar surface area (TPSA) is 34.1 Å². The number of ketones is 2. The van der Waals surface area contributed by atoms with Gasteiger partial charge in [-0.3, -0.25) is 9.59 Å². The average molecular weight is 170 g/mol. The Labute approximate surface area is 74.3 Å². The molecular weight excluding hydrogens is 152 g/mol. The molecule has 0 aromatic rings. The van der Waals surface area contributed by atoms with Gasteiger partial charge in [-0.15, -0.1) is 0 Å². The second kappa shape index (κ2) is 5.07. The van der Waals surface area contributed by atoms with Crippen LogP contribution in [0.5, 0.6) is 0 Å². The van der Waals surface area contributed by atoms with Gasteiger partial charge in [-0.2, -0.15) is 0 Å². The smallest absolute Gasteiger partial charge is 0.136 e. The van der Waals surface area contributed by atoms with Crippen LogP contribution in [0.25, 0.3) is 0 Å². The summed E-state index contributed by atoms with van der Waals surface area (Å²) in [6.07, 6.45) is 1.06. The summed E-state index contributed by atoms with van der Waals surface area (Å²) in [6, 6.07) is 0. The zero-order valence-corrected chi connectivity index (χ0v) is 8.39. The highest BCUT2D eigenvalue weighted by molar-refractivity contribution is 5.89. The Morgan fingerprint density at radius 2 is 1.17 bits per heavy atom. The Kier molecular flexibility index (Phi) is 4.79. The normalized spacial score (nSPS) is 15.3.